The number of hydrogen-bond acceptors (Lipinski definition) is 4. The lowest BCUT2D eigenvalue weighted by Crippen LogP contribution is -2.26. The second kappa shape index (κ2) is 7.74. The highest BCUT2D eigenvalue weighted by molar-refractivity contribution is 5.93. The molecule has 1 amide bonds. The van der Waals surface area contributed by atoms with Crippen LogP contribution in [0.2, 0.25) is 0 Å². The molecule has 2 rings (SSSR count). The lowest BCUT2D eigenvalue weighted by Gasteiger charge is -2.14. The Morgan fingerprint density at radius 2 is 1.78 bits per heavy atom. The Morgan fingerprint density at radius 1 is 1.09 bits per heavy atom. The zero-order chi connectivity index (χ0) is 16.8. The minimum atomic E-state index is -0.0420. The van der Waals surface area contributed by atoms with Crippen LogP contribution in [0.4, 0.5) is 0 Å². The highest BCUT2D eigenvalue weighted by Gasteiger charge is 2.10. The summed E-state index contributed by atoms with van der Waals surface area (Å²) in [6, 6.07) is 11.4. The molecule has 0 aliphatic carbocycles. The van der Waals surface area contributed by atoms with Gasteiger partial charge in [0.15, 0.2) is 0 Å². The molecule has 2 aromatic rings. The van der Waals surface area contributed by atoms with E-state index in [2.05, 4.69) is 9.88 Å². The van der Waals surface area contributed by atoms with E-state index < -0.39 is 0 Å². The zero-order valence-electron chi connectivity index (χ0n) is 14.1. The van der Waals surface area contributed by atoms with Gasteiger partial charge in [-0.3, -0.25) is 4.79 Å². The van der Waals surface area contributed by atoms with Crippen molar-refractivity contribution in [3.63, 3.8) is 0 Å². The van der Waals surface area contributed by atoms with Crippen LogP contribution in [-0.4, -0.2) is 48.4 Å². The minimum Gasteiger partial charge on any atom is -0.439 e. The van der Waals surface area contributed by atoms with Gasteiger partial charge >= 0.3 is 0 Å². The summed E-state index contributed by atoms with van der Waals surface area (Å²) < 4.78 is 5.71. The third-order valence-corrected chi connectivity index (χ3v) is 3.45. The minimum absolute atomic E-state index is 0.0420. The number of amides is 1. The Labute approximate surface area is 137 Å². The fraction of sp³-hybridized carbons (Fsp3) is 0.333. The molecule has 122 valence electrons. The molecule has 5 nitrogen and oxygen atoms in total. The van der Waals surface area contributed by atoms with E-state index in [-0.39, 0.29) is 5.91 Å². The van der Waals surface area contributed by atoms with Crippen molar-refractivity contribution >= 4 is 5.91 Å². The molecule has 0 N–H and O–H groups in total. The van der Waals surface area contributed by atoms with Crippen LogP contribution in [-0.2, 0) is 6.54 Å². The van der Waals surface area contributed by atoms with Crippen LogP contribution in [0, 0.1) is 0 Å². The Kier molecular flexibility index (Phi) is 5.71. The summed E-state index contributed by atoms with van der Waals surface area (Å²) in [6.07, 6.45) is 1.55. The van der Waals surface area contributed by atoms with Crippen molar-refractivity contribution < 1.29 is 9.53 Å². The Bertz CT molecular complexity index is 636. The van der Waals surface area contributed by atoms with Gasteiger partial charge in [-0.05, 0) is 44.8 Å². The summed E-state index contributed by atoms with van der Waals surface area (Å²) in [5, 5.41) is 0. The molecule has 0 aliphatic rings. The second-order valence-corrected chi connectivity index (χ2v) is 5.69. The van der Waals surface area contributed by atoms with Gasteiger partial charge in [-0.15, -0.1) is 0 Å². The first-order chi connectivity index (χ1) is 11.0. The first-order valence-corrected chi connectivity index (χ1v) is 7.62. The summed E-state index contributed by atoms with van der Waals surface area (Å²) in [5.41, 5.74) is 1.78. The number of carbonyl (C=O) groups excluding carboxylic acids is 1. The Morgan fingerprint density at radius 3 is 2.30 bits per heavy atom. The van der Waals surface area contributed by atoms with Gasteiger partial charge in [-0.1, -0.05) is 12.1 Å². The molecular formula is C18H23N3O2. The molecule has 0 saturated heterocycles. The number of nitrogens with zero attached hydrogens (tertiary/aromatic N) is 3. The second-order valence-electron chi connectivity index (χ2n) is 5.69. The van der Waals surface area contributed by atoms with Crippen molar-refractivity contribution in [2.75, 3.05) is 27.7 Å². The topological polar surface area (TPSA) is 45.7 Å². The standard InChI is InChI=1S/C18H23N3O2/c1-5-21(4)18(22)15-8-11-17(19-12-15)23-16-9-6-14(7-10-16)13-20(2)3/h6-12H,5,13H2,1-4H3. The molecule has 0 spiro atoms. The van der Waals surface area contributed by atoms with Crippen LogP contribution in [0.5, 0.6) is 11.6 Å². The van der Waals surface area contributed by atoms with Gasteiger partial charge in [0, 0.05) is 32.4 Å². The van der Waals surface area contributed by atoms with Crippen molar-refractivity contribution in [1.29, 1.82) is 0 Å². The number of benzene rings is 1. The van der Waals surface area contributed by atoms with Gasteiger partial charge in [0.05, 0.1) is 5.56 Å². The Hall–Kier alpha value is -2.40. The molecule has 1 aromatic carbocycles. The van der Waals surface area contributed by atoms with E-state index in [0.717, 1.165) is 12.3 Å². The number of ether oxygens (including phenoxy) is 1. The van der Waals surface area contributed by atoms with E-state index in [1.807, 2.05) is 45.3 Å². The van der Waals surface area contributed by atoms with Gasteiger partial charge in [0.25, 0.3) is 5.91 Å². The maximum atomic E-state index is 12.0. The summed E-state index contributed by atoms with van der Waals surface area (Å²) in [4.78, 5) is 20.0. The van der Waals surface area contributed by atoms with Crippen LogP contribution >= 0.6 is 0 Å². The number of rotatable bonds is 6. The monoisotopic (exact) mass is 313 g/mol. The summed E-state index contributed by atoms with van der Waals surface area (Å²) in [6.45, 7) is 3.49. The average molecular weight is 313 g/mol. The van der Waals surface area contributed by atoms with Gasteiger partial charge in [-0.2, -0.15) is 0 Å². The lowest BCUT2D eigenvalue weighted by molar-refractivity contribution is 0.0802. The van der Waals surface area contributed by atoms with E-state index in [4.69, 9.17) is 4.74 Å². The van der Waals surface area contributed by atoms with Crippen LogP contribution < -0.4 is 4.74 Å². The quantitative estimate of drug-likeness (QED) is 0.822. The van der Waals surface area contributed by atoms with Crippen molar-refractivity contribution in [2.45, 2.75) is 13.5 Å². The molecule has 0 saturated carbocycles. The summed E-state index contributed by atoms with van der Waals surface area (Å²) in [7, 11) is 5.84. The van der Waals surface area contributed by atoms with Gasteiger partial charge in [0.2, 0.25) is 5.88 Å². The first-order valence-electron chi connectivity index (χ1n) is 7.62. The van der Waals surface area contributed by atoms with Crippen molar-refractivity contribution in [1.82, 2.24) is 14.8 Å². The fourth-order valence-electron chi connectivity index (χ4n) is 2.08. The summed E-state index contributed by atoms with van der Waals surface area (Å²) in [5.74, 6) is 1.16. The maximum Gasteiger partial charge on any atom is 0.255 e. The molecule has 0 aliphatic heterocycles. The van der Waals surface area contributed by atoms with Crippen LogP contribution in [0.1, 0.15) is 22.8 Å². The average Bonchev–Trinajstić information content (AvgIpc) is 2.55. The maximum absolute atomic E-state index is 12.0. The molecule has 0 radical (unpaired) electrons. The van der Waals surface area contributed by atoms with Gasteiger partial charge in [0.1, 0.15) is 5.75 Å². The molecule has 0 atom stereocenters. The highest BCUT2D eigenvalue weighted by atomic mass is 16.5. The summed E-state index contributed by atoms with van der Waals surface area (Å²) >= 11 is 0. The molecule has 1 aromatic heterocycles. The van der Waals surface area contributed by atoms with Crippen LogP contribution in [0.15, 0.2) is 42.6 Å². The number of aromatic nitrogens is 1. The van der Waals surface area contributed by atoms with E-state index in [1.165, 1.54) is 5.56 Å². The van der Waals surface area contributed by atoms with Gasteiger partial charge in [-0.25, -0.2) is 4.98 Å². The largest absolute Gasteiger partial charge is 0.439 e. The SMILES string of the molecule is CCN(C)C(=O)c1ccc(Oc2ccc(CN(C)C)cc2)nc1. The predicted octanol–water partition coefficient (Wildman–Crippen LogP) is 3.03. The third-order valence-electron chi connectivity index (χ3n) is 3.45. The first kappa shape index (κ1) is 17.0. The smallest absolute Gasteiger partial charge is 0.255 e. The molecule has 0 bridgehead atoms. The fourth-order valence-corrected chi connectivity index (χ4v) is 2.08. The van der Waals surface area contributed by atoms with Crippen molar-refractivity contribution in [2.24, 2.45) is 0 Å². The number of hydrogen-bond donors (Lipinski definition) is 0. The number of pyridine rings is 1. The third kappa shape index (κ3) is 4.79. The van der Waals surface area contributed by atoms with Crippen LogP contribution in [0.25, 0.3) is 0 Å². The van der Waals surface area contributed by atoms with E-state index in [0.29, 0.717) is 18.0 Å². The van der Waals surface area contributed by atoms with E-state index in [1.54, 1.807) is 30.3 Å². The molecule has 23 heavy (non-hydrogen) atoms. The van der Waals surface area contributed by atoms with E-state index >= 15 is 0 Å². The lowest BCUT2D eigenvalue weighted by atomic mass is 10.2. The predicted molar refractivity (Wildman–Crippen MR) is 90.8 cm³/mol. The normalized spacial score (nSPS) is 10.7. The van der Waals surface area contributed by atoms with Crippen molar-refractivity contribution in [3.05, 3.63) is 53.7 Å². The molecule has 0 fully saturated rings. The van der Waals surface area contributed by atoms with Crippen molar-refractivity contribution in [3.8, 4) is 11.6 Å². The molecule has 0 unspecified atom stereocenters. The zero-order valence-corrected chi connectivity index (χ0v) is 14.1. The van der Waals surface area contributed by atoms with Gasteiger partial charge < -0.3 is 14.5 Å². The molecular weight excluding hydrogens is 290 g/mol. The Balaban J connectivity index is 2.02. The molecule has 5 heteroatoms. The van der Waals surface area contributed by atoms with Crippen LogP contribution in [0.3, 0.4) is 0 Å². The van der Waals surface area contributed by atoms with E-state index in [9.17, 15) is 4.79 Å². The molecule has 1 heterocycles. The highest BCUT2D eigenvalue weighted by Crippen LogP contribution is 2.20. The number of carbonyl (C=O) groups is 1.